The van der Waals surface area contributed by atoms with Crippen LogP contribution in [0.15, 0.2) is 42.5 Å². The highest BCUT2D eigenvalue weighted by Gasteiger charge is 2.33. The Morgan fingerprint density at radius 2 is 1.76 bits per heavy atom. The monoisotopic (exact) mass is 488 g/mol. The maximum absolute atomic E-state index is 12.3. The third kappa shape index (κ3) is 6.27. The van der Waals surface area contributed by atoms with Gasteiger partial charge in [-0.1, -0.05) is 18.2 Å². The van der Waals surface area contributed by atoms with E-state index in [9.17, 15) is 14.4 Å². The van der Waals surface area contributed by atoms with Crippen LogP contribution in [0, 0.1) is 0 Å². The lowest BCUT2D eigenvalue weighted by atomic mass is 9.89. The summed E-state index contributed by atoms with van der Waals surface area (Å²) >= 11 is 0. The third-order valence-corrected chi connectivity index (χ3v) is 5.56. The van der Waals surface area contributed by atoms with Crippen molar-refractivity contribution in [3.63, 3.8) is 0 Å². The molecule has 0 aliphatic carbocycles. The van der Waals surface area contributed by atoms with Gasteiger partial charge in [-0.2, -0.15) is 0 Å². The zero-order valence-electron chi connectivity index (χ0n) is 20.0. The highest BCUT2D eigenvalue weighted by atomic mass is 35.5. The molecule has 34 heavy (non-hydrogen) atoms. The summed E-state index contributed by atoms with van der Waals surface area (Å²) in [7, 11) is 0. The van der Waals surface area contributed by atoms with Crippen molar-refractivity contribution < 1.29 is 19.1 Å². The number of nitrogens with two attached hydrogens (primary N) is 1. The van der Waals surface area contributed by atoms with E-state index in [1.165, 1.54) is 0 Å². The van der Waals surface area contributed by atoms with Crippen molar-refractivity contribution in [2.75, 3.05) is 18.0 Å². The van der Waals surface area contributed by atoms with Gasteiger partial charge in [0.05, 0.1) is 12.1 Å². The van der Waals surface area contributed by atoms with Crippen molar-refractivity contribution in [3.05, 3.63) is 53.6 Å². The van der Waals surface area contributed by atoms with Crippen molar-refractivity contribution >= 4 is 36.0 Å². The van der Waals surface area contributed by atoms with E-state index in [4.69, 9.17) is 10.5 Å². The highest BCUT2D eigenvalue weighted by Crippen LogP contribution is 2.39. The Morgan fingerprint density at radius 1 is 1.12 bits per heavy atom. The third-order valence-electron chi connectivity index (χ3n) is 5.56. The minimum absolute atomic E-state index is 0. The number of carbonyl (C=O) groups excluding carboxylic acids is 3. The van der Waals surface area contributed by atoms with Gasteiger partial charge in [-0.05, 0) is 68.1 Å². The van der Waals surface area contributed by atoms with E-state index in [1.54, 1.807) is 37.8 Å². The summed E-state index contributed by atoms with van der Waals surface area (Å²) in [6, 6.07) is 12.8. The van der Waals surface area contributed by atoms with E-state index < -0.39 is 6.09 Å². The molecule has 0 spiro atoms. The van der Waals surface area contributed by atoms with Gasteiger partial charge >= 0.3 is 6.09 Å². The molecule has 0 saturated heterocycles. The van der Waals surface area contributed by atoms with Crippen molar-refractivity contribution in [1.82, 2.24) is 10.6 Å². The Labute approximate surface area is 206 Å². The summed E-state index contributed by atoms with van der Waals surface area (Å²) in [6.07, 6.45) is -0.141. The lowest BCUT2D eigenvalue weighted by molar-refractivity contribution is -0.117. The maximum atomic E-state index is 12.3. The maximum Gasteiger partial charge on any atom is 0.407 e. The molecule has 2 aromatic carbocycles. The van der Waals surface area contributed by atoms with Gasteiger partial charge in [-0.3, -0.25) is 9.59 Å². The number of carbonyl (C=O) groups is 3. The predicted molar refractivity (Wildman–Crippen MR) is 135 cm³/mol. The van der Waals surface area contributed by atoms with E-state index in [1.807, 2.05) is 37.3 Å². The molecule has 3 rings (SSSR count). The standard InChI is InChI=1S/C25H32N4O4.ClH/c1-15(2)33-25(32)28-22-13-16(3)29(17(4)30)23-10-9-20(14-21(22)23)18-5-7-19(8-6-18)24(31)27-12-11-26;/h5-10,14-16,22H,11-13,26H2,1-4H3,(H,27,31)(H,28,32);1H/t16-,22+;/m0./s1. The van der Waals surface area contributed by atoms with Crippen LogP contribution in [0.4, 0.5) is 10.5 Å². The SMILES string of the molecule is CC(=O)N1c2ccc(-c3ccc(C(=O)NCCN)cc3)cc2[C@H](NC(=O)OC(C)C)C[C@@H]1C.Cl. The van der Waals surface area contributed by atoms with Crippen molar-refractivity contribution in [3.8, 4) is 11.1 Å². The van der Waals surface area contributed by atoms with E-state index in [-0.39, 0.29) is 42.4 Å². The minimum Gasteiger partial charge on any atom is -0.447 e. The van der Waals surface area contributed by atoms with E-state index in [0.29, 0.717) is 25.1 Å². The molecular weight excluding hydrogens is 456 g/mol. The van der Waals surface area contributed by atoms with Crippen molar-refractivity contribution in [1.29, 1.82) is 0 Å². The fraction of sp³-hybridized carbons (Fsp3) is 0.400. The zero-order valence-corrected chi connectivity index (χ0v) is 20.8. The van der Waals surface area contributed by atoms with Gasteiger partial charge in [0.2, 0.25) is 5.91 Å². The van der Waals surface area contributed by atoms with Crippen LogP contribution in [-0.4, -0.2) is 43.1 Å². The number of hydrogen-bond donors (Lipinski definition) is 3. The molecule has 8 nitrogen and oxygen atoms in total. The molecule has 0 radical (unpaired) electrons. The number of halogens is 1. The van der Waals surface area contributed by atoms with Gasteiger partial charge in [-0.25, -0.2) is 4.79 Å². The quantitative estimate of drug-likeness (QED) is 0.572. The number of ether oxygens (including phenoxy) is 1. The molecule has 1 heterocycles. The first-order valence-corrected chi connectivity index (χ1v) is 11.2. The largest absolute Gasteiger partial charge is 0.447 e. The first kappa shape index (κ1) is 27.1. The van der Waals surface area contributed by atoms with Gasteiger partial charge in [0, 0.05) is 37.3 Å². The number of benzene rings is 2. The van der Waals surface area contributed by atoms with Crippen LogP contribution in [0.25, 0.3) is 11.1 Å². The van der Waals surface area contributed by atoms with Gasteiger partial charge < -0.3 is 26.0 Å². The summed E-state index contributed by atoms with van der Waals surface area (Å²) in [6.45, 7) is 7.91. The molecule has 2 atom stereocenters. The van der Waals surface area contributed by atoms with Gasteiger partial charge in [0.25, 0.3) is 5.91 Å². The number of fused-ring (bicyclic) bond motifs is 1. The molecule has 0 aromatic heterocycles. The zero-order chi connectivity index (χ0) is 24.1. The van der Waals surface area contributed by atoms with Gasteiger partial charge in [0.15, 0.2) is 0 Å². The Kier molecular flexibility index (Phi) is 9.46. The van der Waals surface area contributed by atoms with Crippen LogP contribution in [-0.2, 0) is 9.53 Å². The van der Waals surface area contributed by atoms with Gasteiger partial charge in [0.1, 0.15) is 0 Å². The first-order valence-electron chi connectivity index (χ1n) is 11.2. The van der Waals surface area contributed by atoms with E-state index >= 15 is 0 Å². The second-order valence-electron chi connectivity index (χ2n) is 8.52. The molecule has 0 bridgehead atoms. The van der Waals surface area contributed by atoms with Crippen LogP contribution in [0.1, 0.15) is 56.1 Å². The number of nitrogens with zero attached hydrogens (tertiary/aromatic N) is 1. The summed E-state index contributed by atoms with van der Waals surface area (Å²) in [5.41, 5.74) is 9.46. The second kappa shape index (κ2) is 11.9. The lowest BCUT2D eigenvalue weighted by Crippen LogP contribution is -2.45. The number of nitrogens with one attached hydrogen (secondary N) is 2. The van der Waals surface area contributed by atoms with Crippen LogP contribution in [0.5, 0.6) is 0 Å². The molecule has 0 fully saturated rings. The van der Waals surface area contributed by atoms with Crippen LogP contribution in [0.2, 0.25) is 0 Å². The minimum atomic E-state index is -0.484. The number of hydrogen-bond acceptors (Lipinski definition) is 5. The molecule has 184 valence electrons. The van der Waals surface area contributed by atoms with Crippen LogP contribution in [0.3, 0.4) is 0 Å². The fourth-order valence-corrected chi connectivity index (χ4v) is 4.15. The summed E-state index contributed by atoms with van der Waals surface area (Å²) in [5.74, 6) is -0.219. The average Bonchev–Trinajstić information content (AvgIpc) is 2.76. The molecule has 1 aliphatic heterocycles. The Balaban J connectivity index is 0.00000408. The normalized spacial score (nSPS) is 16.8. The first-order chi connectivity index (χ1) is 15.7. The molecule has 0 unspecified atom stereocenters. The molecule has 4 N–H and O–H groups in total. The summed E-state index contributed by atoms with van der Waals surface area (Å²) in [4.78, 5) is 38.6. The van der Waals surface area contributed by atoms with Crippen molar-refractivity contribution in [2.24, 2.45) is 5.73 Å². The fourth-order valence-electron chi connectivity index (χ4n) is 4.15. The molecule has 0 saturated carbocycles. The Hall–Kier alpha value is -3.10. The Morgan fingerprint density at radius 3 is 2.35 bits per heavy atom. The molecule has 9 heteroatoms. The number of rotatable bonds is 6. The smallest absolute Gasteiger partial charge is 0.407 e. The molecular formula is C25H33ClN4O4. The summed E-state index contributed by atoms with van der Waals surface area (Å²) in [5, 5.41) is 5.71. The second-order valence-corrected chi connectivity index (χ2v) is 8.52. The van der Waals surface area contributed by atoms with Crippen LogP contribution >= 0.6 is 12.4 Å². The molecule has 2 aromatic rings. The molecule has 3 amide bonds. The van der Waals surface area contributed by atoms with Gasteiger partial charge in [-0.15, -0.1) is 12.4 Å². The average molecular weight is 489 g/mol. The van der Waals surface area contributed by atoms with Crippen molar-refractivity contribution in [2.45, 2.75) is 52.3 Å². The Bertz CT molecular complexity index is 1030. The van der Waals surface area contributed by atoms with Crippen LogP contribution < -0.4 is 21.3 Å². The topological polar surface area (TPSA) is 114 Å². The summed E-state index contributed by atoms with van der Waals surface area (Å²) < 4.78 is 5.28. The van der Waals surface area contributed by atoms with E-state index in [0.717, 1.165) is 22.4 Å². The number of alkyl carbamates (subject to hydrolysis) is 1. The molecule has 1 aliphatic rings. The highest BCUT2D eigenvalue weighted by molar-refractivity contribution is 5.95. The number of amides is 3. The van der Waals surface area contributed by atoms with E-state index in [2.05, 4.69) is 10.6 Å². The number of anilines is 1. The lowest BCUT2D eigenvalue weighted by Gasteiger charge is -2.39. The predicted octanol–water partition coefficient (Wildman–Crippen LogP) is 3.78.